The van der Waals surface area contributed by atoms with Crippen molar-refractivity contribution >= 4 is 27.3 Å². The third-order valence-corrected chi connectivity index (χ3v) is 8.94. The first-order valence-corrected chi connectivity index (χ1v) is 12.0. The number of carbonyl (C=O) groups excluding carboxylic acids is 1. The van der Waals surface area contributed by atoms with Crippen LogP contribution >= 0.6 is 11.3 Å². The quantitative estimate of drug-likeness (QED) is 0.697. The largest absolute Gasteiger partial charge is 0.388 e. The van der Waals surface area contributed by atoms with E-state index >= 15 is 0 Å². The van der Waals surface area contributed by atoms with Gasteiger partial charge < -0.3 is 10.4 Å². The molecule has 2 aromatic rings. The van der Waals surface area contributed by atoms with Crippen LogP contribution in [0.1, 0.15) is 58.8 Å². The van der Waals surface area contributed by atoms with Crippen LogP contribution in [0, 0.1) is 0 Å². The topological polar surface area (TPSA) is 86.7 Å². The summed E-state index contributed by atoms with van der Waals surface area (Å²) in [7, 11) is -0.559. The van der Waals surface area contributed by atoms with Crippen molar-refractivity contribution in [3.63, 3.8) is 0 Å². The van der Waals surface area contributed by atoms with Gasteiger partial charge in [-0.2, -0.15) is 0 Å². The highest BCUT2D eigenvalue weighted by Gasteiger charge is 2.37. The lowest BCUT2D eigenvalue weighted by Gasteiger charge is -2.28. The summed E-state index contributed by atoms with van der Waals surface area (Å²) in [5.41, 5.74) is 0.341. The number of hydrogen-bond donors (Lipinski definition) is 2. The van der Waals surface area contributed by atoms with Crippen LogP contribution in [0.4, 0.5) is 0 Å². The van der Waals surface area contributed by atoms with Crippen molar-refractivity contribution in [1.29, 1.82) is 0 Å². The molecule has 6 nitrogen and oxygen atoms in total. The van der Waals surface area contributed by atoms with Gasteiger partial charge in [-0.1, -0.05) is 12.8 Å². The first-order chi connectivity index (χ1) is 13.7. The Hall–Kier alpha value is -1.74. The van der Waals surface area contributed by atoms with Crippen molar-refractivity contribution in [2.75, 3.05) is 20.6 Å². The van der Waals surface area contributed by atoms with Crippen LogP contribution in [0.2, 0.25) is 0 Å². The zero-order valence-corrected chi connectivity index (χ0v) is 18.6. The molecule has 1 fully saturated rings. The second-order valence-electron chi connectivity index (χ2n) is 7.86. The van der Waals surface area contributed by atoms with Gasteiger partial charge in [-0.15, -0.1) is 11.3 Å². The Morgan fingerprint density at radius 3 is 2.31 bits per heavy atom. The second kappa shape index (κ2) is 8.55. The molecule has 1 aromatic carbocycles. The third kappa shape index (κ3) is 4.55. The molecule has 0 radical (unpaired) electrons. The van der Waals surface area contributed by atoms with Gasteiger partial charge in [-0.3, -0.25) is 4.79 Å². The van der Waals surface area contributed by atoms with Crippen molar-refractivity contribution in [3.05, 3.63) is 51.7 Å². The first kappa shape index (κ1) is 22.0. The number of sulfonamides is 1. The van der Waals surface area contributed by atoms with Crippen LogP contribution < -0.4 is 5.32 Å². The minimum atomic E-state index is -3.51. The van der Waals surface area contributed by atoms with Gasteiger partial charge in [0.05, 0.1) is 11.0 Å². The fourth-order valence-corrected chi connectivity index (χ4v) is 5.86. The van der Waals surface area contributed by atoms with E-state index in [1.807, 2.05) is 6.07 Å². The van der Waals surface area contributed by atoms with E-state index in [-0.39, 0.29) is 16.2 Å². The maximum atomic E-state index is 12.7. The normalized spacial score (nSPS) is 17.4. The number of nitrogens with zero attached hydrogens (tertiary/aromatic N) is 1. The van der Waals surface area contributed by atoms with Crippen molar-refractivity contribution in [2.24, 2.45) is 0 Å². The van der Waals surface area contributed by atoms with Crippen LogP contribution in [0.15, 0.2) is 41.3 Å². The predicted octanol–water partition coefficient (Wildman–Crippen LogP) is 3.29. The fraction of sp³-hybridized carbons (Fsp3) is 0.476. The highest BCUT2D eigenvalue weighted by Crippen LogP contribution is 2.44. The summed E-state index contributed by atoms with van der Waals surface area (Å²) in [6.45, 7) is 2.29. The molecule has 1 aliphatic rings. The summed E-state index contributed by atoms with van der Waals surface area (Å²) < 4.78 is 25.5. The van der Waals surface area contributed by atoms with E-state index in [1.54, 1.807) is 30.4 Å². The molecule has 1 aliphatic carbocycles. The smallest absolute Gasteiger partial charge is 0.251 e. The zero-order valence-electron chi connectivity index (χ0n) is 17.0. The molecule has 1 saturated carbocycles. The van der Waals surface area contributed by atoms with E-state index in [1.165, 1.54) is 31.1 Å². The molecule has 0 aliphatic heterocycles. The van der Waals surface area contributed by atoms with Crippen molar-refractivity contribution in [2.45, 2.75) is 49.0 Å². The highest BCUT2D eigenvalue weighted by atomic mass is 32.2. The third-order valence-electron chi connectivity index (χ3n) is 5.60. The van der Waals surface area contributed by atoms with Crippen molar-refractivity contribution in [3.8, 4) is 0 Å². The van der Waals surface area contributed by atoms with Gasteiger partial charge in [-0.25, -0.2) is 12.7 Å². The molecular formula is C21H28N2O4S2. The number of amides is 1. The number of thiophene rings is 1. The number of hydrogen-bond acceptors (Lipinski definition) is 5. The Balaban J connectivity index is 1.72. The maximum absolute atomic E-state index is 12.7. The molecule has 0 bridgehead atoms. The average Bonchev–Trinajstić information content (AvgIpc) is 3.36. The average molecular weight is 437 g/mol. The Kier molecular flexibility index (Phi) is 6.48. The number of aliphatic hydroxyl groups excluding tert-OH is 1. The van der Waals surface area contributed by atoms with Crippen LogP contribution in [0.25, 0.3) is 0 Å². The van der Waals surface area contributed by atoms with Gasteiger partial charge in [0, 0.05) is 41.4 Å². The zero-order chi connectivity index (χ0) is 21.2. The van der Waals surface area contributed by atoms with Gasteiger partial charge in [0.2, 0.25) is 10.0 Å². The Labute approximate surface area is 176 Å². The molecule has 29 heavy (non-hydrogen) atoms. The first-order valence-electron chi connectivity index (χ1n) is 9.75. The van der Waals surface area contributed by atoms with Crippen LogP contribution in [-0.4, -0.2) is 44.4 Å². The van der Waals surface area contributed by atoms with Crippen molar-refractivity contribution in [1.82, 2.24) is 9.62 Å². The number of nitrogens with one attached hydrogen (secondary N) is 1. The number of aliphatic hydroxyl groups is 1. The summed E-state index contributed by atoms with van der Waals surface area (Å²) in [5.74, 6) is -0.211. The molecular weight excluding hydrogens is 408 g/mol. The van der Waals surface area contributed by atoms with E-state index < -0.39 is 16.1 Å². The monoisotopic (exact) mass is 436 g/mol. The minimum absolute atomic E-state index is 0.0956. The lowest BCUT2D eigenvalue weighted by atomic mass is 9.84. The van der Waals surface area contributed by atoms with Crippen LogP contribution in [-0.2, 0) is 15.4 Å². The molecule has 3 rings (SSSR count). The Morgan fingerprint density at radius 1 is 1.17 bits per heavy atom. The van der Waals surface area contributed by atoms with Crippen molar-refractivity contribution < 1.29 is 18.3 Å². The lowest BCUT2D eigenvalue weighted by Crippen LogP contribution is -2.38. The maximum Gasteiger partial charge on any atom is 0.251 e. The summed E-state index contributed by atoms with van der Waals surface area (Å²) in [5, 5.41) is 12.9. The lowest BCUT2D eigenvalue weighted by molar-refractivity contribution is 0.0943. The van der Waals surface area contributed by atoms with Gasteiger partial charge >= 0.3 is 0 Å². The standard InChI is InChI=1S/C21H28N2O4S2/c1-15(24)18-10-11-19(28-18)21(12-4-5-13-21)14-22-20(25)16-6-8-17(9-7-16)29(26,27)23(2)3/h6-11,15,24H,4-5,12-14H2,1-3H3,(H,22,25). The Morgan fingerprint density at radius 2 is 1.79 bits per heavy atom. The Bertz CT molecular complexity index is 957. The van der Waals surface area contributed by atoms with E-state index in [9.17, 15) is 18.3 Å². The van der Waals surface area contributed by atoms with Crippen LogP contribution in [0.5, 0.6) is 0 Å². The fourth-order valence-electron chi connectivity index (χ4n) is 3.77. The molecule has 1 atom stereocenters. The minimum Gasteiger partial charge on any atom is -0.388 e. The number of rotatable bonds is 7. The summed E-state index contributed by atoms with van der Waals surface area (Å²) in [4.78, 5) is 15.0. The molecule has 1 heterocycles. The van der Waals surface area contributed by atoms with E-state index in [0.29, 0.717) is 12.1 Å². The molecule has 1 amide bonds. The van der Waals surface area contributed by atoms with Gasteiger partial charge in [0.25, 0.3) is 5.91 Å². The molecule has 8 heteroatoms. The van der Waals surface area contributed by atoms with E-state index in [2.05, 4.69) is 11.4 Å². The molecule has 0 spiro atoms. The SMILES string of the molecule is CC(O)c1ccc(C2(CNC(=O)c3ccc(S(=O)(=O)N(C)C)cc3)CCCC2)s1. The summed E-state index contributed by atoms with van der Waals surface area (Å²) in [6, 6.07) is 10.1. The van der Waals surface area contributed by atoms with Gasteiger partial charge in [-0.05, 0) is 56.2 Å². The second-order valence-corrected chi connectivity index (χ2v) is 11.1. The van der Waals surface area contributed by atoms with Gasteiger partial charge in [0.15, 0.2) is 0 Å². The molecule has 158 valence electrons. The molecule has 1 unspecified atom stereocenters. The summed E-state index contributed by atoms with van der Waals surface area (Å²) >= 11 is 1.62. The van der Waals surface area contributed by atoms with Crippen LogP contribution in [0.3, 0.4) is 0 Å². The molecule has 0 saturated heterocycles. The van der Waals surface area contributed by atoms with Gasteiger partial charge in [0.1, 0.15) is 0 Å². The van der Waals surface area contributed by atoms with E-state index in [4.69, 9.17) is 0 Å². The number of benzene rings is 1. The predicted molar refractivity (Wildman–Crippen MR) is 115 cm³/mol. The molecule has 1 aromatic heterocycles. The number of carbonyl (C=O) groups is 1. The summed E-state index contributed by atoms with van der Waals surface area (Å²) in [6.07, 6.45) is 3.77. The highest BCUT2D eigenvalue weighted by molar-refractivity contribution is 7.89. The molecule has 2 N–H and O–H groups in total. The van der Waals surface area contributed by atoms with E-state index in [0.717, 1.165) is 34.9 Å².